The number of nitrogens with zero attached hydrogens (tertiary/aromatic N) is 1. The number of rotatable bonds is 2. The minimum absolute atomic E-state index is 0.749. The predicted octanol–water partition coefficient (Wildman–Crippen LogP) is 2.26. The number of hydrogen-bond acceptors (Lipinski definition) is 2. The molecule has 0 aromatic heterocycles. The first kappa shape index (κ1) is 8.99. The summed E-state index contributed by atoms with van der Waals surface area (Å²) in [6.45, 7) is 1.57. The van der Waals surface area contributed by atoms with Crippen LogP contribution in [-0.4, -0.2) is 19.0 Å². The van der Waals surface area contributed by atoms with Gasteiger partial charge in [0.1, 0.15) is 6.61 Å². The summed E-state index contributed by atoms with van der Waals surface area (Å²) in [5.74, 6) is 0.877. The first-order valence-corrected chi connectivity index (χ1v) is 5.33. The number of ether oxygens (including phenoxy) is 1. The third-order valence-corrected chi connectivity index (χ3v) is 2.56. The van der Waals surface area contributed by atoms with Crippen molar-refractivity contribution in [2.24, 2.45) is 4.99 Å². The zero-order chi connectivity index (χ0) is 9.10. The van der Waals surface area contributed by atoms with Crippen LogP contribution >= 0.6 is 22.6 Å². The van der Waals surface area contributed by atoms with Crippen molar-refractivity contribution in [2.75, 3.05) is 13.2 Å². The van der Waals surface area contributed by atoms with E-state index in [0.717, 1.165) is 25.5 Å². The molecule has 1 aliphatic heterocycles. The Labute approximate surface area is 91.2 Å². The van der Waals surface area contributed by atoms with Crippen LogP contribution in [0.1, 0.15) is 5.56 Å². The van der Waals surface area contributed by atoms with Gasteiger partial charge < -0.3 is 4.74 Å². The Hall–Kier alpha value is -0.580. The number of halogens is 1. The molecular formula is C10H10INO. The van der Waals surface area contributed by atoms with Gasteiger partial charge >= 0.3 is 0 Å². The van der Waals surface area contributed by atoms with E-state index in [1.54, 1.807) is 0 Å². The standard InChI is InChI=1S/C10H10INO/c11-9-3-1-2-8(6-9)7-10-12-4-5-13-10/h1-3,6H,4-5,7H2. The normalized spacial score (nSPS) is 15.3. The lowest BCUT2D eigenvalue weighted by Crippen LogP contribution is -2.03. The molecule has 0 unspecified atom stereocenters. The highest BCUT2D eigenvalue weighted by Crippen LogP contribution is 2.10. The third kappa shape index (κ3) is 2.43. The van der Waals surface area contributed by atoms with Crippen molar-refractivity contribution in [1.29, 1.82) is 0 Å². The molecule has 0 atom stereocenters. The summed E-state index contributed by atoms with van der Waals surface area (Å²) in [5, 5.41) is 0. The molecular weight excluding hydrogens is 277 g/mol. The van der Waals surface area contributed by atoms with Crippen molar-refractivity contribution in [1.82, 2.24) is 0 Å². The van der Waals surface area contributed by atoms with E-state index in [9.17, 15) is 0 Å². The van der Waals surface area contributed by atoms with Gasteiger partial charge in [-0.15, -0.1) is 0 Å². The molecule has 0 amide bonds. The molecule has 13 heavy (non-hydrogen) atoms. The highest BCUT2D eigenvalue weighted by atomic mass is 127. The van der Waals surface area contributed by atoms with Crippen LogP contribution in [0, 0.1) is 3.57 Å². The second-order valence-electron chi connectivity index (χ2n) is 2.93. The molecule has 3 heteroatoms. The van der Waals surface area contributed by atoms with Crippen LogP contribution in [-0.2, 0) is 11.2 Å². The van der Waals surface area contributed by atoms with Crippen molar-refractivity contribution >= 4 is 28.5 Å². The minimum Gasteiger partial charge on any atom is -0.479 e. The van der Waals surface area contributed by atoms with E-state index >= 15 is 0 Å². The van der Waals surface area contributed by atoms with Gasteiger partial charge in [0.05, 0.1) is 6.54 Å². The van der Waals surface area contributed by atoms with Crippen LogP contribution in [0.3, 0.4) is 0 Å². The molecule has 0 saturated carbocycles. The zero-order valence-electron chi connectivity index (χ0n) is 7.16. The van der Waals surface area contributed by atoms with Gasteiger partial charge in [-0.3, -0.25) is 4.99 Å². The minimum atomic E-state index is 0.749. The Morgan fingerprint density at radius 2 is 2.38 bits per heavy atom. The fourth-order valence-corrected chi connectivity index (χ4v) is 1.92. The number of aliphatic imine (C=N–C) groups is 1. The Morgan fingerprint density at radius 3 is 3.08 bits per heavy atom. The van der Waals surface area contributed by atoms with Gasteiger partial charge in [-0.1, -0.05) is 12.1 Å². The summed E-state index contributed by atoms with van der Waals surface area (Å²) in [7, 11) is 0. The summed E-state index contributed by atoms with van der Waals surface area (Å²) in [4.78, 5) is 4.25. The van der Waals surface area contributed by atoms with Gasteiger partial charge in [-0.2, -0.15) is 0 Å². The van der Waals surface area contributed by atoms with E-state index in [0.29, 0.717) is 0 Å². The summed E-state index contributed by atoms with van der Waals surface area (Å²) in [5.41, 5.74) is 1.27. The van der Waals surface area contributed by atoms with Crippen LogP contribution < -0.4 is 0 Å². The quantitative estimate of drug-likeness (QED) is 0.765. The lowest BCUT2D eigenvalue weighted by Gasteiger charge is -2.01. The largest absolute Gasteiger partial charge is 0.479 e. The van der Waals surface area contributed by atoms with Crippen molar-refractivity contribution in [2.45, 2.75) is 6.42 Å². The Balaban J connectivity index is 2.09. The highest BCUT2D eigenvalue weighted by molar-refractivity contribution is 14.1. The highest BCUT2D eigenvalue weighted by Gasteiger charge is 2.07. The number of benzene rings is 1. The maximum absolute atomic E-state index is 5.34. The van der Waals surface area contributed by atoms with Crippen LogP contribution in [0.5, 0.6) is 0 Å². The SMILES string of the molecule is Ic1cccc(CC2=NCCO2)c1. The third-order valence-electron chi connectivity index (χ3n) is 1.89. The predicted molar refractivity (Wildman–Crippen MR) is 61.1 cm³/mol. The second-order valence-corrected chi connectivity index (χ2v) is 4.18. The molecule has 0 spiro atoms. The Bertz CT molecular complexity index is 335. The fourth-order valence-electron chi connectivity index (χ4n) is 1.31. The van der Waals surface area contributed by atoms with E-state index in [-0.39, 0.29) is 0 Å². The summed E-state index contributed by atoms with van der Waals surface area (Å²) in [6, 6.07) is 8.41. The van der Waals surface area contributed by atoms with Crippen molar-refractivity contribution in [3.63, 3.8) is 0 Å². The van der Waals surface area contributed by atoms with Crippen LogP contribution in [0.2, 0.25) is 0 Å². The average molecular weight is 287 g/mol. The molecule has 0 saturated heterocycles. The molecule has 1 heterocycles. The molecule has 2 rings (SSSR count). The smallest absolute Gasteiger partial charge is 0.187 e. The van der Waals surface area contributed by atoms with Crippen LogP contribution in [0.15, 0.2) is 29.3 Å². The van der Waals surface area contributed by atoms with E-state index in [4.69, 9.17) is 4.74 Å². The molecule has 0 fully saturated rings. The molecule has 0 bridgehead atoms. The summed E-state index contributed by atoms with van der Waals surface area (Å²) in [6.07, 6.45) is 0.830. The van der Waals surface area contributed by atoms with Gasteiger partial charge in [0.25, 0.3) is 0 Å². The zero-order valence-corrected chi connectivity index (χ0v) is 9.32. The second kappa shape index (κ2) is 4.09. The Morgan fingerprint density at radius 1 is 1.46 bits per heavy atom. The molecule has 68 valence electrons. The topological polar surface area (TPSA) is 21.6 Å². The molecule has 1 aromatic rings. The summed E-state index contributed by atoms with van der Waals surface area (Å²) < 4.78 is 6.60. The molecule has 1 aliphatic rings. The molecule has 1 aromatic carbocycles. The Kier molecular flexibility index (Phi) is 2.83. The lowest BCUT2D eigenvalue weighted by atomic mass is 10.1. The molecule has 0 aliphatic carbocycles. The molecule has 0 radical (unpaired) electrons. The monoisotopic (exact) mass is 287 g/mol. The van der Waals surface area contributed by atoms with Gasteiger partial charge in [-0.05, 0) is 40.3 Å². The summed E-state index contributed by atoms with van der Waals surface area (Å²) >= 11 is 2.31. The van der Waals surface area contributed by atoms with Gasteiger partial charge in [0.2, 0.25) is 0 Å². The van der Waals surface area contributed by atoms with Gasteiger partial charge in [0, 0.05) is 9.99 Å². The van der Waals surface area contributed by atoms with Crippen LogP contribution in [0.25, 0.3) is 0 Å². The lowest BCUT2D eigenvalue weighted by molar-refractivity contribution is 0.341. The fraction of sp³-hybridized carbons (Fsp3) is 0.300. The van der Waals surface area contributed by atoms with Gasteiger partial charge in [-0.25, -0.2) is 0 Å². The van der Waals surface area contributed by atoms with Crippen LogP contribution in [0.4, 0.5) is 0 Å². The van der Waals surface area contributed by atoms with E-state index in [1.807, 2.05) is 0 Å². The maximum Gasteiger partial charge on any atom is 0.187 e. The van der Waals surface area contributed by atoms with Crippen molar-refractivity contribution in [3.05, 3.63) is 33.4 Å². The molecule has 0 N–H and O–H groups in total. The van der Waals surface area contributed by atoms with E-state index < -0.39 is 0 Å². The van der Waals surface area contributed by atoms with Crippen molar-refractivity contribution < 1.29 is 4.74 Å². The molecule has 2 nitrogen and oxygen atoms in total. The average Bonchev–Trinajstić information content (AvgIpc) is 2.57. The van der Waals surface area contributed by atoms with Gasteiger partial charge in [0.15, 0.2) is 5.90 Å². The van der Waals surface area contributed by atoms with E-state index in [1.165, 1.54) is 9.13 Å². The number of hydrogen-bond donors (Lipinski definition) is 0. The maximum atomic E-state index is 5.34. The first-order chi connectivity index (χ1) is 6.34. The first-order valence-electron chi connectivity index (χ1n) is 4.25. The van der Waals surface area contributed by atoms with E-state index in [2.05, 4.69) is 51.8 Å². The van der Waals surface area contributed by atoms with Crippen molar-refractivity contribution in [3.8, 4) is 0 Å².